The van der Waals surface area contributed by atoms with Gasteiger partial charge in [-0.3, -0.25) is 0 Å². The van der Waals surface area contributed by atoms with Crippen LogP contribution in [0.4, 0.5) is 11.6 Å². The van der Waals surface area contributed by atoms with E-state index in [9.17, 15) is 0 Å². The van der Waals surface area contributed by atoms with Gasteiger partial charge >= 0.3 is 0 Å². The number of thioether (sulfide) groups is 1. The minimum absolute atomic E-state index is 0.485. The summed E-state index contributed by atoms with van der Waals surface area (Å²) in [7, 11) is 0. The third-order valence-electron chi connectivity index (χ3n) is 3.52. The minimum Gasteiger partial charge on any atom is -0.382 e. The lowest BCUT2D eigenvalue weighted by molar-refractivity contribution is 0.752. The van der Waals surface area contributed by atoms with Crippen LogP contribution in [0.15, 0.2) is 18.6 Å². The molecule has 0 saturated heterocycles. The van der Waals surface area contributed by atoms with Crippen molar-refractivity contribution < 1.29 is 0 Å². The molecule has 102 valence electrons. The van der Waals surface area contributed by atoms with Gasteiger partial charge < -0.3 is 15.5 Å². The van der Waals surface area contributed by atoms with Gasteiger partial charge in [-0.05, 0) is 25.0 Å². The third kappa shape index (κ3) is 2.63. The summed E-state index contributed by atoms with van der Waals surface area (Å²) in [4.78, 5) is 8.72. The number of nitrogen functional groups attached to an aromatic ring is 1. The largest absolute Gasteiger partial charge is 0.382 e. The lowest BCUT2D eigenvalue weighted by Crippen LogP contribution is -2.18. The molecule has 3 rings (SSSR count). The molecule has 2 aromatic rings. The van der Waals surface area contributed by atoms with Crippen LogP contribution in [-0.2, 0) is 0 Å². The molecule has 2 heterocycles. The van der Waals surface area contributed by atoms with Crippen molar-refractivity contribution in [3.63, 3.8) is 0 Å². The molecule has 0 aromatic carbocycles. The standard InChI is InChI=1S/C13H19N5S/c1-2-19-10-4-3-9(7-10)16-12-13-15-5-6-18(13)8-11(14)17-12/h5-6,8-10H,2-4,7,14H2,1H3,(H,16,17). The van der Waals surface area contributed by atoms with Crippen LogP contribution in [0.2, 0.25) is 0 Å². The van der Waals surface area contributed by atoms with Crippen molar-refractivity contribution in [3.05, 3.63) is 18.6 Å². The summed E-state index contributed by atoms with van der Waals surface area (Å²) < 4.78 is 1.91. The van der Waals surface area contributed by atoms with Crippen molar-refractivity contribution in [2.45, 2.75) is 37.5 Å². The first-order valence-electron chi connectivity index (χ1n) is 6.73. The van der Waals surface area contributed by atoms with Crippen LogP contribution in [0, 0.1) is 0 Å². The molecule has 1 saturated carbocycles. The van der Waals surface area contributed by atoms with Crippen molar-refractivity contribution in [2.24, 2.45) is 0 Å². The Labute approximate surface area is 117 Å². The van der Waals surface area contributed by atoms with E-state index in [4.69, 9.17) is 5.73 Å². The van der Waals surface area contributed by atoms with Gasteiger partial charge in [0.25, 0.3) is 0 Å². The summed E-state index contributed by atoms with van der Waals surface area (Å²) >= 11 is 2.06. The van der Waals surface area contributed by atoms with E-state index in [1.807, 2.05) is 10.6 Å². The highest BCUT2D eigenvalue weighted by Crippen LogP contribution is 2.31. The average molecular weight is 277 g/mol. The predicted octanol–water partition coefficient (Wildman–Crippen LogP) is 2.40. The molecular weight excluding hydrogens is 258 g/mol. The fraction of sp³-hybridized carbons (Fsp3) is 0.538. The van der Waals surface area contributed by atoms with E-state index >= 15 is 0 Å². The Morgan fingerprint density at radius 2 is 2.42 bits per heavy atom. The SMILES string of the molecule is CCSC1CCC(Nc2nc(N)cn3ccnc23)C1. The van der Waals surface area contributed by atoms with Crippen LogP contribution in [0.1, 0.15) is 26.2 Å². The maximum Gasteiger partial charge on any atom is 0.180 e. The maximum absolute atomic E-state index is 5.83. The average Bonchev–Trinajstić information content (AvgIpc) is 2.98. The lowest BCUT2D eigenvalue weighted by Gasteiger charge is -2.14. The first kappa shape index (κ1) is 12.6. The number of hydrogen-bond acceptors (Lipinski definition) is 5. The summed E-state index contributed by atoms with van der Waals surface area (Å²) in [6.45, 7) is 2.22. The molecule has 1 aliphatic carbocycles. The number of imidazole rings is 1. The molecule has 0 bridgehead atoms. The maximum atomic E-state index is 5.83. The van der Waals surface area contributed by atoms with Gasteiger partial charge in [-0.25, -0.2) is 9.97 Å². The number of rotatable bonds is 4. The second-order valence-electron chi connectivity index (χ2n) is 4.90. The molecule has 0 radical (unpaired) electrons. The smallest absolute Gasteiger partial charge is 0.180 e. The van der Waals surface area contributed by atoms with Crippen molar-refractivity contribution >= 4 is 29.0 Å². The Bertz CT molecular complexity index is 567. The van der Waals surface area contributed by atoms with Crippen LogP contribution in [0.5, 0.6) is 0 Å². The van der Waals surface area contributed by atoms with Crippen LogP contribution >= 0.6 is 11.8 Å². The lowest BCUT2D eigenvalue weighted by atomic mass is 10.2. The number of nitrogens with one attached hydrogen (secondary N) is 1. The summed E-state index contributed by atoms with van der Waals surface area (Å²) in [5, 5.41) is 4.29. The number of aromatic nitrogens is 3. The van der Waals surface area contributed by atoms with Crippen molar-refractivity contribution in [2.75, 3.05) is 16.8 Å². The predicted molar refractivity (Wildman–Crippen MR) is 80.6 cm³/mol. The Balaban J connectivity index is 1.77. The molecule has 2 aromatic heterocycles. The van der Waals surface area contributed by atoms with E-state index in [1.165, 1.54) is 25.0 Å². The number of anilines is 2. The van der Waals surface area contributed by atoms with Gasteiger partial charge in [-0.2, -0.15) is 11.8 Å². The Kier molecular flexibility index (Phi) is 3.50. The van der Waals surface area contributed by atoms with Gasteiger partial charge in [0.05, 0.1) is 6.20 Å². The molecular formula is C13H19N5S. The van der Waals surface area contributed by atoms with Crippen LogP contribution in [0.3, 0.4) is 0 Å². The van der Waals surface area contributed by atoms with Gasteiger partial charge in [0, 0.05) is 23.7 Å². The summed E-state index contributed by atoms with van der Waals surface area (Å²) in [5.41, 5.74) is 6.68. The first-order chi connectivity index (χ1) is 9.26. The summed E-state index contributed by atoms with van der Waals surface area (Å²) in [6, 6.07) is 0.485. The third-order valence-corrected chi connectivity index (χ3v) is 4.75. The highest BCUT2D eigenvalue weighted by atomic mass is 32.2. The zero-order chi connectivity index (χ0) is 13.2. The number of hydrogen-bond donors (Lipinski definition) is 2. The van der Waals surface area contributed by atoms with Crippen LogP contribution in [0.25, 0.3) is 5.65 Å². The Morgan fingerprint density at radius 1 is 1.53 bits per heavy atom. The highest BCUT2D eigenvalue weighted by Gasteiger charge is 2.25. The molecule has 1 fully saturated rings. The number of nitrogens with zero attached hydrogens (tertiary/aromatic N) is 3. The molecule has 1 aliphatic rings. The molecule has 0 aliphatic heterocycles. The molecule has 2 unspecified atom stereocenters. The molecule has 6 heteroatoms. The zero-order valence-corrected chi connectivity index (χ0v) is 11.9. The van der Waals surface area contributed by atoms with Crippen LogP contribution < -0.4 is 11.1 Å². The summed E-state index contributed by atoms with van der Waals surface area (Å²) in [6.07, 6.45) is 9.12. The van der Waals surface area contributed by atoms with Gasteiger partial charge in [-0.1, -0.05) is 6.92 Å². The van der Waals surface area contributed by atoms with Gasteiger partial charge in [0.15, 0.2) is 11.5 Å². The van der Waals surface area contributed by atoms with Crippen molar-refractivity contribution in [1.82, 2.24) is 14.4 Å². The highest BCUT2D eigenvalue weighted by molar-refractivity contribution is 7.99. The molecule has 3 N–H and O–H groups in total. The number of nitrogens with two attached hydrogens (primary N) is 1. The minimum atomic E-state index is 0.485. The normalized spacial score (nSPS) is 23.0. The fourth-order valence-corrected chi connectivity index (χ4v) is 3.84. The monoisotopic (exact) mass is 277 g/mol. The van der Waals surface area contributed by atoms with E-state index in [-0.39, 0.29) is 0 Å². The Hall–Kier alpha value is -1.43. The quantitative estimate of drug-likeness (QED) is 0.898. The molecule has 0 spiro atoms. The van der Waals surface area contributed by atoms with Crippen molar-refractivity contribution in [1.29, 1.82) is 0 Å². The van der Waals surface area contributed by atoms with Gasteiger partial charge in [-0.15, -0.1) is 0 Å². The zero-order valence-electron chi connectivity index (χ0n) is 11.0. The summed E-state index contributed by atoms with van der Waals surface area (Å²) in [5.74, 6) is 2.51. The van der Waals surface area contributed by atoms with Gasteiger partial charge in [0.2, 0.25) is 0 Å². The second-order valence-corrected chi connectivity index (χ2v) is 6.48. The molecule has 0 amide bonds. The topological polar surface area (TPSA) is 68.2 Å². The van der Waals surface area contributed by atoms with E-state index in [0.717, 1.165) is 16.7 Å². The first-order valence-corrected chi connectivity index (χ1v) is 7.78. The van der Waals surface area contributed by atoms with Crippen LogP contribution in [-0.4, -0.2) is 31.4 Å². The van der Waals surface area contributed by atoms with Crippen molar-refractivity contribution in [3.8, 4) is 0 Å². The molecule has 2 atom stereocenters. The van der Waals surface area contributed by atoms with E-state index in [2.05, 4.69) is 34.0 Å². The van der Waals surface area contributed by atoms with E-state index < -0.39 is 0 Å². The van der Waals surface area contributed by atoms with E-state index in [0.29, 0.717) is 11.9 Å². The van der Waals surface area contributed by atoms with E-state index in [1.54, 1.807) is 12.4 Å². The Morgan fingerprint density at radius 3 is 3.26 bits per heavy atom. The molecule has 19 heavy (non-hydrogen) atoms. The van der Waals surface area contributed by atoms with Gasteiger partial charge in [0.1, 0.15) is 5.82 Å². The fourth-order valence-electron chi connectivity index (χ4n) is 2.70. The number of fused-ring (bicyclic) bond motifs is 1. The molecule has 5 nitrogen and oxygen atoms in total. The second kappa shape index (κ2) is 5.28.